The average molecular weight is 237 g/mol. The van der Waals surface area contributed by atoms with Gasteiger partial charge in [-0.1, -0.05) is 19.7 Å². The lowest BCUT2D eigenvalue weighted by Crippen LogP contribution is -2.47. The number of ketones is 1. The Balaban J connectivity index is 4.38. The molecule has 0 aliphatic rings. The third kappa shape index (κ3) is 4.54. The van der Waals surface area contributed by atoms with Crippen molar-refractivity contribution in [2.24, 2.45) is 0 Å². The Bertz CT molecular complexity index is 237. The van der Waals surface area contributed by atoms with Gasteiger partial charge in [-0.15, -0.1) is 0 Å². The molecule has 2 unspecified atom stereocenters. The highest BCUT2D eigenvalue weighted by Crippen LogP contribution is 2.08. The van der Waals surface area contributed by atoms with Gasteiger partial charge in [0.15, 0.2) is 5.78 Å². The Morgan fingerprint density at radius 3 is 2.31 bits per heavy atom. The first-order valence-corrected chi connectivity index (χ1v) is 5.14. The van der Waals surface area contributed by atoms with Crippen LogP contribution in [0.1, 0.15) is 27.5 Å². The lowest BCUT2D eigenvalue weighted by atomic mass is 9.98. The molecule has 0 aromatic rings. The van der Waals surface area contributed by atoms with Gasteiger partial charge < -0.3 is 25.5 Å². The maximum atomic E-state index is 11.4. The van der Waals surface area contributed by atoms with E-state index in [0.717, 1.165) is 0 Å². The number of carbonyl (C=O) groups excluding carboxylic acids is 1. The summed E-state index contributed by atoms with van der Waals surface area (Å²) in [5.41, 5.74) is 0. The largest absolute Gasteiger partial charge is 0.394 e. The number of carbonyl (C=O) groups is 1. The summed E-state index contributed by atoms with van der Waals surface area (Å²) in [5.74, 6) is -1.06. The SMILES string of the molecule is [2H]C(CC)CC(O)C(=O)[C@@H](O)[C@H](O)[C@H](O)CO. The molecule has 0 aliphatic heterocycles. The molecule has 0 heterocycles. The number of Topliss-reactive ketones (excluding diaryl/α,β-unsaturated/α-hetero) is 1. The minimum atomic E-state index is -1.98. The van der Waals surface area contributed by atoms with Gasteiger partial charge in [-0.25, -0.2) is 0 Å². The Kier molecular flexibility index (Phi) is 6.51. The van der Waals surface area contributed by atoms with Crippen LogP contribution in [0.2, 0.25) is 0 Å². The summed E-state index contributed by atoms with van der Waals surface area (Å²) in [6.45, 7) is 0.910. The second-order valence-corrected chi connectivity index (χ2v) is 3.54. The normalized spacial score (nSPS) is 21.8. The molecule has 0 saturated carbocycles. The van der Waals surface area contributed by atoms with E-state index < -0.39 is 43.2 Å². The molecule has 5 atom stereocenters. The summed E-state index contributed by atoms with van der Waals surface area (Å²) in [6, 6.07) is 0. The summed E-state index contributed by atoms with van der Waals surface area (Å²) in [4.78, 5) is 11.4. The van der Waals surface area contributed by atoms with Crippen LogP contribution in [0.15, 0.2) is 0 Å². The van der Waals surface area contributed by atoms with Gasteiger partial charge in [-0.3, -0.25) is 4.79 Å². The second-order valence-electron chi connectivity index (χ2n) is 3.54. The third-order valence-corrected chi connectivity index (χ3v) is 2.20. The summed E-state index contributed by atoms with van der Waals surface area (Å²) in [6.07, 6.45) is -7.38. The molecule has 96 valence electrons. The van der Waals surface area contributed by atoms with Crippen molar-refractivity contribution in [3.05, 3.63) is 0 Å². The van der Waals surface area contributed by atoms with Crippen LogP contribution >= 0.6 is 0 Å². The standard InChI is InChI=1S/C10H20O6/c1-2-3-4-6(12)8(14)10(16)9(15)7(13)5-11/h6-7,9-13,15-16H,2-5H2,1H3/t6?,7-,9-,10-/m1/s1/i3D/t3?,6?,7-,9-,10-. The molecule has 0 aliphatic carbocycles. The van der Waals surface area contributed by atoms with E-state index >= 15 is 0 Å². The summed E-state index contributed by atoms with van der Waals surface area (Å²) in [5, 5.41) is 45.6. The third-order valence-electron chi connectivity index (χ3n) is 2.20. The van der Waals surface area contributed by atoms with Crippen LogP contribution < -0.4 is 0 Å². The van der Waals surface area contributed by atoms with Crippen molar-refractivity contribution in [3.63, 3.8) is 0 Å². The zero-order valence-electron chi connectivity index (χ0n) is 10.2. The maximum Gasteiger partial charge on any atom is 0.192 e. The smallest absolute Gasteiger partial charge is 0.192 e. The van der Waals surface area contributed by atoms with Crippen LogP contribution in [0, 0.1) is 0 Å². The minimum Gasteiger partial charge on any atom is -0.394 e. The molecule has 5 N–H and O–H groups in total. The minimum absolute atomic E-state index is 0.145. The molecule has 0 saturated heterocycles. The van der Waals surface area contributed by atoms with Gasteiger partial charge in [0, 0.05) is 1.37 Å². The number of rotatable bonds is 8. The van der Waals surface area contributed by atoms with E-state index in [9.17, 15) is 20.1 Å². The fraction of sp³-hybridized carbons (Fsp3) is 0.900. The molecular weight excluding hydrogens is 216 g/mol. The number of hydrogen-bond acceptors (Lipinski definition) is 6. The summed E-state index contributed by atoms with van der Waals surface area (Å²) >= 11 is 0. The van der Waals surface area contributed by atoms with Gasteiger partial charge >= 0.3 is 0 Å². The van der Waals surface area contributed by atoms with Crippen molar-refractivity contribution >= 4 is 5.78 Å². The van der Waals surface area contributed by atoms with Crippen molar-refractivity contribution in [3.8, 4) is 0 Å². The van der Waals surface area contributed by atoms with Crippen LogP contribution in [0.4, 0.5) is 0 Å². The molecule has 0 spiro atoms. The van der Waals surface area contributed by atoms with Crippen molar-refractivity contribution in [1.82, 2.24) is 0 Å². The fourth-order valence-corrected chi connectivity index (χ4v) is 1.12. The highest BCUT2D eigenvalue weighted by molar-refractivity contribution is 5.87. The van der Waals surface area contributed by atoms with E-state index in [1.54, 1.807) is 6.92 Å². The highest BCUT2D eigenvalue weighted by Gasteiger charge is 2.33. The lowest BCUT2D eigenvalue weighted by molar-refractivity contribution is -0.148. The topological polar surface area (TPSA) is 118 Å². The first-order chi connectivity index (χ1) is 7.84. The van der Waals surface area contributed by atoms with Gasteiger partial charge in [-0.05, 0) is 6.42 Å². The second kappa shape index (κ2) is 7.70. The van der Waals surface area contributed by atoms with E-state index in [1.165, 1.54) is 0 Å². The zero-order chi connectivity index (χ0) is 13.6. The van der Waals surface area contributed by atoms with Gasteiger partial charge in [0.1, 0.15) is 24.4 Å². The Labute approximate surface area is 95.6 Å². The monoisotopic (exact) mass is 237 g/mol. The van der Waals surface area contributed by atoms with Crippen LogP contribution in [-0.4, -0.2) is 62.3 Å². The van der Waals surface area contributed by atoms with Crippen LogP contribution in [0.5, 0.6) is 0 Å². The maximum absolute atomic E-state index is 11.4. The van der Waals surface area contributed by atoms with Crippen LogP contribution in [-0.2, 0) is 4.79 Å². The summed E-state index contributed by atoms with van der Waals surface area (Å²) < 4.78 is 7.37. The predicted molar refractivity (Wildman–Crippen MR) is 55.6 cm³/mol. The first-order valence-electron chi connectivity index (χ1n) is 5.71. The zero-order valence-corrected chi connectivity index (χ0v) is 9.15. The Morgan fingerprint density at radius 2 is 1.88 bits per heavy atom. The van der Waals surface area contributed by atoms with Crippen molar-refractivity contribution < 1.29 is 31.7 Å². The van der Waals surface area contributed by atoms with Gasteiger partial charge in [0.25, 0.3) is 0 Å². The Hall–Kier alpha value is -0.530. The molecule has 0 aromatic carbocycles. The molecule has 0 rings (SSSR count). The average Bonchev–Trinajstić information content (AvgIpc) is 2.34. The molecule has 0 fully saturated rings. The molecule has 16 heavy (non-hydrogen) atoms. The predicted octanol–water partition coefficient (Wildman–Crippen LogP) is -1.82. The molecule has 6 heteroatoms. The molecule has 0 bridgehead atoms. The number of aliphatic hydroxyl groups excluding tert-OH is 5. The summed E-state index contributed by atoms with van der Waals surface area (Å²) in [7, 11) is 0. The van der Waals surface area contributed by atoms with Gasteiger partial charge in [-0.2, -0.15) is 0 Å². The van der Waals surface area contributed by atoms with Gasteiger partial charge in [0.2, 0.25) is 0 Å². The molecule has 0 amide bonds. The highest BCUT2D eigenvalue weighted by atomic mass is 16.4. The fourth-order valence-electron chi connectivity index (χ4n) is 1.12. The molecule has 0 radical (unpaired) electrons. The van der Waals surface area contributed by atoms with E-state index in [-0.39, 0.29) is 6.42 Å². The van der Waals surface area contributed by atoms with E-state index in [1.807, 2.05) is 0 Å². The molecular formula is C10H20O6. The van der Waals surface area contributed by atoms with Crippen molar-refractivity contribution in [1.29, 1.82) is 0 Å². The van der Waals surface area contributed by atoms with Crippen molar-refractivity contribution in [2.45, 2.75) is 50.6 Å². The Morgan fingerprint density at radius 1 is 1.31 bits per heavy atom. The van der Waals surface area contributed by atoms with Crippen LogP contribution in [0.3, 0.4) is 0 Å². The quantitative estimate of drug-likeness (QED) is 0.339. The van der Waals surface area contributed by atoms with Gasteiger partial charge in [0.05, 0.1) is 6.61 Å². The van der Waals surface area contributed by atoms with Crippen molar-refractivity contribution in [2.75, 3.05) is 6.61 Å². The number of hydrogen-bond donors (Lipinski definition) is 5. The number of aliphatic hydroxyl groups is 5. The van der Waals surface area contributed by atoms with E-state index in [0.29, 0.717) is 6.42 Å². The molecule has 6 nitrogen and oxygen atoms in total. The lowest BCUT2D eigenvalue weighted by Gasteiger charge is -2.22. The van der Waals surface area contributed by atoms with E-state index in [4.69, 9.17) is 11.6 Å². The van der Waals surface area contributed by atoms with E-state index in [2.05, 4.69) is 0 Å². The van der Waals surface area contributed by atoms with Crippen LogP contribution in [0.25, 0.3) is 0 Å². The first kappa shape index (κ1) is 13.5. The molecule has 0 aromatic heterocycles.